The maximum absolute atomic E-state index is 10.1. The molecule has 0 saturated carbocycles. The number of nitrogens with zero attached hydrogens (tertiary/aromatic N) is 5. The van der Waals surface area contributed by atoms with E-state index in [1.165, 1.54) is 0 Å². The van der Waals surface area contributed by atoms with Gasteiger partial charge in [0.1, 0.15) is 25.4 Å². The number of aliphatic hydroxyl groups is 4. The van der Waals surface area contributed by atoms with Gasteiger partial charge < -0.3 is 65.3 Å². The summed E-state index contributed by atoms with van der Waals surface area (Å²) in [6.07, 6.45) is -1.42. The molecule has 304 valence electrons. The zero-order valence-corrected chi connectivity index (χ0v) is 38.6. The number of rotatable bonds is 13. The van der Waals surface area contributed by atoms with Crippen molar-refractivity contribution >= 4 is 40.9 Å². The second-order valence-corrected chi connectivity index (χ2v) is 16.5. The third-order valence-corrected chi connectivity index (χ3v) is 7.63. The molecule has 2 fully saturated rings. The fraction of sp³-hybridized carbons (Fsp3) is 0.875. The summed E-state index contributed by atoms with van der Waals surface area (Å²) >= 11 is 7.74. The Hall–Kier alpha value is 0.0464. The summed E-state index contributed by atoms with van der Waals surface area (Å²) in [5.74, 6) is 1.35. The van der Waals surface area contributed by atoms with Crippen molar-refractivity contribution in [1.82, 2.24) is 33.4 Å². The number of β-amino-alcohol motifs (C(OH)–C–C–N with tert-alkyl or cyclic N) is 2. The van der Waals surface area contributed by atoms with Gasteiger partial charge in [-0.2, -0.15) is 8.75 Å². The Bertz CT molecular complexity index is 1190. The average Bonchev–Trinajstić information content (AvgIpc) is 3.72. The minimum absolute atomic E-state index is 0. The average molecular weight is 842 g/mol. The van der Waals surface area contributed by atoms with E-state index in [1.807, 2.05) is 46.4 Å². The van der Waals surface area contributed by atoms with E-state index < -0.39 is 17.8 Å². The molecule has 4 atom stereocenters. The number of hydrogen-bond acceptors (Lipinski definition) is 19. The Morgan fingerprint density at radius 2 is 1.34 bits per heavy atom. The van der Waals surface area contributed by atoms with Crippen LogP contribution in [0.1, 0.15) is 62.3 Å². The minimum atomic E-state index is -0.750. The number of hydrogen-bond donors (Lipinski definition) is 7. The molecule has 2 aliphatic heterocycles. The number of nitrogens with one attached hydrogen (secondary N) is 3. The van der Waals surface area contributed by atoms with Crippen LogP contribution in [0.25, 0.3) is 0 Å². The molecule has 0 bridgehead atoms. The number of aromatic nitrogens is 4. The predicted octanol–water partition coefficient (Wildman–Crippen LogP) is -2.70. The predicted molar refractivity (Wildman–Crippen MR) is 202 cm³/mol. The summed E-state index contributed by atoms with van der Waals surface area (Å²) in [5.41, 5.74) is -0.831. The molecule has 0 radical (unpaired) electrons. The molecule has 21 heteroatoms. The van der Waals surface area contributed by atoms with Gasteiger partial charge in [-0.25, -0.2) is 0 Å². The van der Waals surface area contributed by atoms with Crippen molar-refractivity contribution in [3.8, 4) is 11.8 Å². The van der Waals surface area contributed by atoms with Gasteiger partial charge in [0.15, 0.2) is 0 Å². The topological polar surface area (TPSA) is 232 Å². The maximum atomic E-state index is 10.1. The molecular formula is C32H62ClKN8O9S2. The van der Waals surface area contributed by atoms with Gasteiger partial charge in [-0.3, -0.25) is 0 Å². The van der Waals surface area contributed by atoms with E-state index in [0.29, 0.717) is 44.5 Å². The normalized spacial score (nSPS) is 18.8. The van der Waals surface area contributed by atoms with Crippen molar-refractivity contribution in [2.24, 2.45) is 0 Å². The van der Waals surface area contributed by atoms with Gasteiger partial charge in [0.05, 0.1) is 62.1 Å². The van der Waals surface area contributed by atoms with Crippen LogP contribution in [-0.2, 0) is 9.47 Å². The van der Waals surface area contributed by atoms with E-state index in [1.54, 1.807) is 20.8 Å². The molecule has 2 aromatic heterocycles. The summed E-state index contributed by atoms with van der Waals surface area (Å²) in [6.45, 7) is 22.6. The monoisotopic (exact) mass is 840 g/mol. The smallest absolute Gasteiger partial charge is 0.850 e. The van der Waals surface area contributed by atoms with Crippen molar-refractivity contribution in [3.63, 3.8) is 0 Å². The van der Waals surface area contributed by atoms with Crippen molar-refractivity contribution in [3.05, 3.63) is 5.15 Å². The summed E-state index contributed by atoms with van der Waals surface area (Å²) in [5, 5.41) is 57.2. The number of anilines is 1. The van der Waals surface area contributed by atoms with Crippen LogP contribution < -0.4 is 86.8 Å². The first-order chi connectivity index (χ1) is 24.2. The van der Waals surface area contributed by atoms with Gasteiger partial charge >= 0.3 is 51.4 Å². The van der Waals surface area contributed by atoms with Crippen LogP contribution in [0.5, 0.6) is 11.8 Å². The van der Waals surface area contributed by atoms with Crippen molar-refractivity contribution in [2.75, 3.05) is 83.8 Å². The first kappa shape index (κ1) is 53.0. The van der Waals surface area contributed by atoms with E-state index in [-0.39, 0.29) is 112 Å². The fourth-order valence-corrected chi connectivity index (χ4v) is 4.95. The maximum Gasteiger partial charge on any atom is 1.00 e. The number of morpholine rings is 2. The Morgan fingerprint density at radius 1 is 0.849 bits per heavy atom. The molecular weight excluding hydrogens is 779 g/mol. The fourth-order valence-electron chi connectivity index (χ4n) is 3.79. The molecule has 2 aromatic rings. The first-order valence-corrected chi connectivity index (χ1v) is 19.1. The summed E-state index contributed by atoms with van der Waals surface area (Å²) in [4.78, 5) is 1.99. The zero-order valence-electron chi connectivity index (χ0n) is 33.1. The molecule has 7 N–H and O–H groups in total. The number of halogens is 1. The number of ether oxygens (including phenoxy) is 4. The molecule has 0 amide bonds. The molecule has 4 rings (SSSR count). The van der Waals surface area contributed by atoms with E-state index >= 15 is 0 Å². The van der Waals surface area contributed by atoms with Gasteiger partial charge in [0.2, 0.25) is 11.0 Å². The first-order valence-electron chi connectivity index (χ1n) is 17.2. The van der Waals surface area contributed by atoms with Gasteiger partial charge in [-0.05, 0) is 41.5 Å². The molecule has 2 saturated heterocycles. The van der Waals surface area contributed by atoms with Gasteiger partial charge in [0, 0.05) is 50.3 Å². The van der Waals surface area contributed by atoms with Gasteiger partial charge in [-0.15, -0.1) is 14.3 Å². The Balaban J connectivity index is 0.000000777. The van der Waals surface area contributed by atoms with E-state index in [4.69, 9.17) is 35.7 Å². The van der Waals surface area contributed by atoms with Crippen LogP contribution in [0.4, 0.5) is 5.82 Å². The summed E-state index contributed by atoms with van der Waals surface area (Å²) in [6, 6.07) is 0. The Morgan fingerprint density at radius 3 is 1.77 bits per heavy atom. The Labute approximate surface area is 370 Å². The third-order valence-electron chi connectivity index (χ3n) is 6.27. The van der Waals surface area contributed by atoms with Crippen LogP contribution in [0.3, 0.4) is 0 Å². The van der Waals surface area contributed by atoms with Gasteiger partial charge in [-0.1, -0.05) is 32.4 Å². The molecule has 4 heterocycles. The summed E-state index contributed by atoms with van der Waals surface area (Å²) < 4.78 is 37.4. The molecule has 0 aromatic carbocycles. The Kier molecular flexibility index (Phi) is 27.7. The van der Waals surface area contributed by atoms with Crippen molar-refractivity contribution < 1.29 is 95.9 Å². The molecule has 0 aliphatic carbocycles. The molecule has 2 aliphatic rings. The molecule has 2 unspecified atom stereocenters. The largest absolute Gasteiger partial charge is 1.00 e. The zero-order chi connectivity index (χ0) is 39.4. The van der Waals surface area contributed by atoms with E-state index in [9.17, 15) is 20.4 Å². The van der Waals surface area contributed by atoms with E-state index in [2.05, 4.69) is 33.4 Å². The quantitative estimate of drug-likeness (QED) is 0.102. The molecule has 0 spiro atoms. The van der Waals surface area contributed by atoms with Crippen LogP contribution in [-0.4, -0.2) is 158 Å². The van der Waals surface area contributed by atoms with Crippen LogP contribution in [0, 0.1) is 0 Å². The van der Waals surface area contributed by atoms with Gasteiger partial charge in [0.25, 0.3) is 11.8 Å². The second kappa shape index (κ2) is 27.6. The minimum Gasteiger partial charge on any atom is -0.850 e. The van der Waals surface area contributed by atoms with Crippen LogP contribution >= 0.6 is 35.1 Å². The van der Waals surface area contributed by atoms with Crippen LogP contribution in [0.2, 0.25) is 5.15 Å². The summed E-state index contributed by atoms with van der Waals surface area (Å²) in [7, 11) is 0. The standard InChI is InChI=1S/C14H26N4O4S.C9H16ClN3O2S.C5H11NO2.C4H9O.K/c1-14(2,3)15-6-10(20)9-22-13-12(16-23-17-13)18-4-5-21-11(7-18)8-19;1-9(2,3)11-4-6(14)5-15-8-7(10)12-16-13-8;7-4-5-3-6-1-2-8-5;1-4(2,3)5;/h10-11,15,19-20H,4-9H2,1-3H3;6,11,14H,4-5H2,1-3H3;5-7H,1-4H2;1-3H3;/q;;;-1;+1/t10-,11?;6-;;;/m00.../s1. The van der Waals surface area contributed by atoms with Crippen LogP contribution in [0.15, 0.2) is 0 Å². The molecule has 17 nitrogen and oxygen atoms in total. The number of aliphatic hydroxyl groups excluding tert-OH is 4. The van der Waals surface area contributed by atoms with Crippen molar-refractivity contribution in [2.45, 2.75) is 103 Å². The van der Waals surface area contributed by atoms with E-state index in [0.717, 1.165) is 43.2 Å². The molecule has 53 heavy (non-hydrogen) atoms. The third kappa shape index (κ3) is 28.2. The SMILES string of the molecule is CC(C)(C)NC[C@H](O)COc1nsnc1Cl.CC(C)(C)NC[C@H](O)COc1nsnc1N1CCOC(CO)C1.CC(C)(C)[O-].OCC1CNCCO1.[K+]. The van der Waals surface area contributed by atoms with Crippen molar-refractivity contribution in [1.29, 1.82) is 0 Å². The second-order valence-electron chi connectivity index (χ2n) is 15.1.